The highest BCUT2D eigenvalue weighted by Gasteiger charge is 2.27. The fourth-order valence-electron chi connectivity index (χ4n) is 3.11. The molecule has 148 valence electrons. The summed E-state index contributed by atoms with van der Waals surface area (Å²) >= 11 is 0. The molecule has 0 radical (unpaired) electrons. The molecule has 1 aliphatic rings. The number of hydrogen-bond donors (Lipinski definition) is 1. The molecular formula is C23H17N3O4. The third kappa shape index (κ3) is 3.60. The predicted octanol–water partition coefficient (Wildman–Crippen LogP) is 4.18. The van der Waals surface area contributed by atoms with Crippen LogP contribution in [0.15, 0.2) is 83.4 Å². The summed E-state index contributed by atoms with van der Waals surface area (Å²) in [5, 5.41) is 6.87. The summed E-state index contributed by atoms with van der Waals surface area (Å²) < 4.78 is 16.7. The summed E-state index contributed by atoms with van der Waals surface area (Å²) in [6.45, 7) is 0.158. The lowest BCUT2D eigenvalue weighted by molar-refractivity contribution is -0.125. The number of rotatable bonds is 4. The van der Waals surface area contributed by atoms with Gasteiger partial charge in [-0.05, 0) is 36.4 Å². The Bertz CT molecular complexity index is 1170. The Hall–Kier alpha value is -4.13. The zero-order valence-corrected chi connectivity index (χ0v) is 15.8. The van der Waals surface area contributed by atoms with Crippen molar-refractivity contribution in [3.8, 4) is 34.3 Å². The number of nitrogens with zero attached hydrogens (tertiary/aromatic N) is 2. The summed E-state index contributed by atoms with van der Waals surface area (Å²) in [7, 11) is 0. The van der Waals surface area contributed by atoms with Gasteiger partial charge >= 0.3 is 0 Å². The molecule has 0 saturated carbocycles. The van der Waals surface area contributed by atoms with E-state index in [1.54, 1.807) is 18.2 Å². The Balaban J connectivity index is 1.26. The van der Waals surface area contributed by atoms with Crippen molar-refractivity contribution in [2.45, 2.75) is 6.10 Å². The summed E-state index contributed by atoms with van der Waals surface area (Å²) in [6, 6.07) is 24.1. The monoisotopic (exact) mass is 399 g/mol. The Labute approximate surface area is 172 Å². The van der Waals surface area contributed by atoms with E-state index in [9.17, 15) is 4.79 Å². The molecule has 5 rings (SSSR count). The van der Waals surface area contributed by atoms with Crippen LogP contribution < -0.4 is 14.8 Å². The fourth-order valence-corrected chi connectivity index (χ4v) is 3.11. The maximum absolute atomic E-state index is 12.5. The van der Waals surface area contributed by atoms with Gasteiger partial charge < -0.3 is 19.3 Å². The van der Waals surface area contributed by atoms with E-state index in [1.807, 2.05) is 60.7 Å². The van der Waals surface area contributed by atoms with E-state index < -0.39 is 6.10 Å². The first kappa shape index (κ1) is 17.9. The minimum Gasteiger partial charge on any atom is -0.485 e. The first-order valence-electron chi connectivity index (χ1n) is 9.45. The number of amides is 1. The number of para-hydroxylation sites is 2. The highest BCUT2D eigenvalue weighted by atomic mass is 16.6. The van der Waals surface area contributed by atoms with Crippen molar-refractivity contribution in [3.05, 3.63) is 78.9 Å². The van der Waals surface area contributed by atoms with Gasteiger partial charge in [-0.3, -0.25) is 4.79 Å². The van der Waals surface area contributed by atoms with E-state index in [2.05, 4.69) is 15.5 Å². The van der Waals surface area contributed by atoms with E-state index in [1.165, 1.54) is 0 Å². The Kier molecular flexibility index (Phi) is 4.61. The van der Waals surface area contributed by atoms with E-state index in [4.69, 9.17) is 14.0 Å². The molecule has 30 heavy (non-hydrogen) atoms. The number of hydrogen-bond acceptors (Lipinski definition) is 6. The highest BCUT2D eigenvalue weighted by Crippen LogP contribution is 2.31. The van der Waals surface area contributed by atoms with Gasteiger partial charge in [0.1, 0.15) is 6.61 Å². The summed E-state index contributed by atoms with van der Waals surface area (Å²) in [6.07, 6.45) is -0.719. The van der Waals surface area contributed by atoms with Crippen LogP contribution in [-0.2, 0) is 4.79 Å². The van der Waals surface area contributed by atoms with Crippen LogP contribution in [0.5, 0.6) is 11.5 Å². The van der Waals surface area contributed by atoms with Gasteiger partial charge in [-0.2, -0.15) is 4.98 Å². The molecule has 0 saturated heterocycles. The molecular weight excluding hydrogens is 382 g/mol. The molecule has 0 bridgehead atoms. The molecule has 4 aromatic rings. The summed E-state index contributed by atoms with van der Waals surface area (Å²) in [4.78, 5) is 17.0. The molecule has 7 nitrogen and oxygen atoms in total. The van der Waals surface area contributed by atoms with Crippen LogP contribution in [-0.4, -0.2) is 28.8 Å². The quantitative estimate of drug-likeness (QED) is 0.554. The number of anilines is 1. The number of carbonyl (C=O) groups excluding carboxylic acids is 1. The topological polar surface area (TPSA) is 86.5 Å². The lowest BCUT2D eigenvalue weighted by atomic mass is 10.2. The van der Waals surface area contributed by atoms with Crippen molar-refractivity contribution in [2.75, 3.05) is 11.9 Å². The Morgan fingerprint density at radius 1 is 0.867 bits per heavy atom. The van der Waals surface area contributed by atoms with Crippen LogP contribution in [0.4, 0.5) is 5.69 Å². The number of carbonyl (C=O) groups is 1. The van der Waals surface area contributed by atoms with Crippen LogP contribution in [0.3, 0.4) is 0 Å². The van der Waals surface area contributed by atoms with Gasteiger partial charge in [0.25, 0.3) is 11.8 Å². The van der Waals surface area contributed by atoms with Gasteiger partial charge in [0.2, 0.25) is 11.9 Å². The minimum atomic E-state index is -0.719. The van der Waals surface area contributed by atoms with E-state index in [0.717, 1.165) is 11.1 Å². The molecule has 7 heteroatoms. The number of fused-ring (bicyclic) bond motifs is 1. The van der Waals surface area contributed by atoms with Gasteiger partial charge in [0.15, 0.2) is 11.5 Å². The zero-order valence-electron chi connectivity index (χ0n) is 15.8. The standard InChI is InChI=1S/C23H17N3O4/c27-22(20-14-28-18-8-4-5-9-19(18)29-20)24-17-12-10-16(11-13-17)23-25-21(26-30-23)15-6-2-1-3-7-15/h1-13,20H,14H2,(H,24,27)/t20-/m1/s1. The molecule has 0 aliphatic carbocycles. The fraction of sp³-hybridized carbons (Fsp3) is 0.0870. The molecule has 2 heterocycles. The highest BCUT2D eigenvalue weighted by molar-refractivity contribution is 5.94. The first-order valence-corrected chi connectivity index (χ1v) is 9.45. The molecule has 1 N–H and O–H groups in total. The predicted molar refractivity (Wildman–Crippen MR) is 110 cm³/mol. The van der Waals surface area contributed by atoms with Gasteiger partial charge in [-0.1, -0.05) is 47.6 Å². The van der Waals surface area contributed by atoms with Crippen molar-refractivity contribution in [3.63, 3.8) is 0 Å². The molecule has 3 aromatic carbocycles. The van der Waals surface area contributed by atoms with Gasteiger partial charge in [0.05, 0.1) is 0 Å². The van der Waals surface area contributed by atoms with Gasteiger partial charge in [0, 0.05) is 16.8 Å². The first-order chi connectivity index (χ1) is 14.8. The van der Waals surface area contributed by atoms with Gasteiger partial charge in [-0.25, -0.2) is 0 Å². The normalized spacial score (nSPS) is 14.9. The van der Waals surface area contributed by atoms with Crippen LogP contribution in [0, 0.1) is 0 Å². The average Bonchev–Trinajstić information content (AvgIpc) is 3.30. The van der Waals surface area contributed by atoms with Gasteiger partial charge in [-0.15, -0.1) is 0 Å². The molecule has 1 aliphatic heterocycles. The van der Waals surface area contributed by atoms with E-state index in [-0.39, 0.29) is 12.5 Å². The average molecular weight is 399 g/mol. The van der Waals surface area contributed by atoms with Crippen LogP contribution >= 0.6 is 0 Å². The van der Waals surface area contributed by atoms with Crippen molar-refractivity contribution < 1.29 is 18.8 Å². The van der Waals surface area contributed by atoms with Crippen LogP contribution in [0.1, 0.15) is 0 Å². The van der Waals surface area contributed by atoms with Crippen LogP contribution in [0.25, 0.3) is 22.8 Å². The lowest BCUT2D eigenvalue weighted by Gasteiger charge is -2.25. The second-order valence-corrected chi connectivity index (χ2v) is 6.72. The largest absolute Gasteiger partial charge is 0.485 e. The summed E-state index contributed by atoms with van der Waals surface area (Å²) in [5.41, 5.74) is 2.27. The smallest absolute Gasteiger partial charge is 0.269 e. The second-order valence-electron chi connectivity index (χ2n) is 6.72. The molecule has 0 unspecified atom stereocenters. The van der Waals surface area contributed by atoms with E-state index in [0.29, 0.717) is 28.9 Å². The van der Waals surface area contributed by atoms with Crippen molar-refractivity contribution in [1.82, 2.24) is 10.1 Å². The Morgan fingerprint density at radius 3 is 2.40 bits per heavy atom. The lowest BCUT2D eigenvalue weighted by Crippen LogP contribution is -2.40. The zero-order chi connectivity index (χ0) is 20.3. The number of ether oxygens (including phenoxy) is 2. The third-order valence-corrected chi connectivity index (χ3v) is 4.66. The molecule has 1 amide bonds. The SMILES string of the molecule is O=C(Nc1ccc(-c2nc(-c3ccccc3)no2)cc1)[C@H]1COc2ccccc2O1. The summed E-state index contributed by atoms with van der Waals surface area (Å²) in [5.74, 6) is 1.86. The number of aromatic nitrogens is 2. The minimum absolute atomic E-state index is 0.158. The molecule has 0 spiro atoms. The molecule has 0 fully saturated rings. The Morgan fingerprint density at radius 2 is 1.60 bits per heavy atom. The molecule has 1 aromatic heterocycles. The number of nitrogens with one attached hydrogen (secondary N) is 1. The maximum atomic E-state index is 12.5. The van der Waals surface area contributed by atoms with Crippen LogP contribution in [0.2, 0.25) is 0 Å². The maximum Gasteiger partial charge on any atom is 0.269 e. The third-order valence-electron chi connectivity index (χ3n) is 4.66. The van der Waals surface area contributed by atoms with Crippen molar-refractivity contribution in [1.29, 1.82) is 0 Å². The van der Waals surface area contributed by atoms with E-state index >= 15 is 0 Å². The van der Waals surface area contributed by atoms with Crippen molar-refractivity contribution in [2.24, 2.45) is 0 Å². The second kappa shape index (κ2) is 7.71. The van der Waals surface area contributed by atoms with Crippen molar-refractivity contribution >= 4 is 11.6 Å². The number of benzene rings is 3. The molecule has 1 atom stereocenters.